The van der Waals surface area contributed by atoms with Crippen molar-refractivity contribution >= 4 is 70.0 Å². The van der Waals surface area contributed by atoms with E-state index in [1.54, 1.807) is 24.3 Å². The van der Waals surface area contributed by atoms with E-state index >= 15 is 0 Å². The zero-order chi connectivity index (χ0) is 24.3. The van der Waals surface area contributed by atoms with Crippen LogP contribution in [-0.4, -0.2) is 15.5 Å². The summed E-state index contributed by atoms with van der Waals surface area (Å²) in [5.41, 5.74) is 11.8. The Labute approximate surface area is 210 Å². The van der Waals surface area contributed by atoms with Crippen LogP contribution in [-0.2, 0) is 4.79 Å². The molecule has 12 heteroatoms. The number of aromatic nitrogens is 2. The molecule has 0 fully saturated rings. The maximum atomic E-state index is 12.9. The normalized spacial score (nSPS) is 15.4. The number of hydrogen-bond acceptors (Lipinski definition) is 6. The van der Waals surface area contributed by atoms with Crippen LogP contribution in [0.4, 0.5) is 6.01 Å². The lowest BCUT2D eigenvalue weighted by Gasteiger charge is -2.22. The number of benzene rings is 2. The van der Waals surface area contributed by atoms with Gasteiger partial charge < -0.3 is 20.3 Å². The summed E-state index contributed by atoms with van der Waals surface area (Å²) in [6, 6.07) is 9.27. The van der Waals surface area contributed by atoms with Crippen molar-refractivity contribution in [2.24, 2.45) is 5.73 Å². The zero-order valence-electron chi connectivity index (χ0n) is 16.8. The van der Waals surface area contributed by atoms with Crippen molar-refractivity contribution in [1.29, 1.82) is 0 Å². The van der Waals surface area contributed by atoms with E-state index in [1.807, 2.05) is 0 Å². The summed E-state index contributed by atoms with van der Waals surface area (Å²) >= 11 is 24.7. The number of carbonyl (C=O) groups excluding carboxylic acids is 1. The van der Waals surface area contributed by atoms with Crippen molar-refractivity contribution in [2.45, 2.75) is 5.92 Å². The zero-order valence-corrected chi connectivity index (χ0v) is 19.8. The standard InChI is InChI=1S/C22H12Cl4N4O4/c23-9-2-1-8(12(25)6-9)5-14-21(32)33-19-16(18(27)31)15(11-4-3-10(24)7-13(11)26)17-20(30(14)19)34-22(28)29-17/h1-7,15H,(H2,27,31)(H2,28,29)/b14-5+. The van der Waals surface area contributed by atoms with Gasteiger partial charge in [-0.3, -0.25) is 4.79 Å². The average molecular weight is 538 g/mol. The van der Waals surface area contributed by atoms with Gasteiger partial charge in [0, 0.05) is 20.1 Å². The fourth-order valence-corrected chi connectivity index (χ4v) is 4.87. The fraction of sp³-hybridized carbons (Fsp3) is 0.0455. The summed E-state index contributed by atoms with van der Waals surface area (Å²) in [5.74, 6) is -1.73. The van der Waals surface area contributed by atoms with E-state index < -0.39 is 17.5 Å². The molecule has 1 aliphatic heterocycles. The number of anilines is 1. The Morgan fingerprint density at radius 1 is 1.03 bits per heavy atom. The molecular weight excluding hydrogens is 526 g/mol. The lowest BCUT2D eigenvalue weighted by atomic mass is 9.86. The first-order chi connectivity index (χ1) is 16.2. The van der Waals surface area contributed by atoms with Crippen molar-refractivity contribution in [1.82, 2.24) is 9.55 Å². The van der Waals surface area contributed by atoms with Crippen molar-refractivity contribution in [3.63, 3.8) is 0 Å². The maximum Gasteiger partial charge on any atom is 0.362 e. The Morgan fingerprint density at radius 2 is 1.71 bits per heavy atom. The van der Waals surface area contributed by atoms with Gasteiger partial charge >= 0.3 is 5.63 Å². The molecule has 0 saturated heterocycles. The van der Waals surface area contributed by atoms with Crippen molar-refractivity contribution in [3.05, 3.63) is 94.6 Å². The number of nitrogens with two attached hydrogens (primary N) is 2. The molecular formula is C22H12Cl4N4O4. The molecule has 0 bridgehead atoms. The molecule has 0 radical (unpaired) electrons. The van der Waals surface area contributed by atoms with Gasteiger partial charge in [-0.05, 0) is 41.5 Å². The molecule has 172 valence electrons. The van der Waals surface area contributed by atoms with E-state index in [-0.39, 0.29) is 39.1 Å². The van der Waals surface area contributed by atoms with Gasteiger partial charge in [0.25, 0.3) is 11.9 Å². The lowest BCUT2D eigenvalue weighted by Crippen LogP contribution is -2.38. The number of rotatable bonds is 3. The first-order valence-corrected chi connectivity index (χ1v) is 11.1. The average Bonchev–Trinajstić information content (AvgIpc) is 3.28. The second-order valence-electron chi connectivity index (χ2n) is 7.34. The SMILES string of the molecule is NC(=O)C1=c2oc(=O)/c(=C\c3ccc(Cl)cc3Cl)n2-c2oc(N)nc2C1c1ccc(Cl)cc1Cl. The molecule has 34 heavy (non-hydrogen) atoms. The van der Waals surface area contributed by atoms with E-state index in [2.05, 4.69) is 4.98 Å². The minimum absolute atomic E-state index is 0.00368. The van der Waals surface area contributed by atoms with Crippen LogP contribution in [0.5, 0.6) is 0 Å². The number of primary amides is 1. The largest absolute Gasteiger partial charge is 0.406 e. The Hall–Kier alpha value is -3.17. The van der Waals surface area contributed by atoms with Gasteiger partial charge in [-0.2, -0.15) is 4.98 Å². The summed E-state index contributed by atoms with van der Waals surface area (Å²) < 4.78 is 12.4. The Morgan fingerprint density at radius 3 is 2.35 bits per heavy atom. The minimum atomic E-state index is -0.934. The lowest BCUT2D eigenvalue weighted by molar-refractivity contribution is -0.113. The first-order valence-electron chi connectivity index (χ1n) is 9.60. The summed E-state index contributed by atoms with van der Waals surface area (Å²) in [5, 5.41) is 1.34. The van der Waals surface area contributed by atoms with Crippen molar-refractivity contribution in [2.75, 3.05) is 5.73 Å². The Balaban J connectivity index is 1.92. The highest BCUT2D eigenvalue weighted by Gasteiger charge is 2.39. The maximum absolute atomic E-state index is 12.9. The van der Waals surface area contributed by atoms with Crippen LogP contribution in [0.1, 0.15) is 22.7 Å². The summed E-state index contributed by atoms with van der Waals surface area (Å²) in [7, 11) is 0. The summed E-state index contributed by atoms with van der Waals surface area (Å²) in [4.78, 5) is 29.9. The van der Waals surface area contributed by atoms with Crippen molar-refractivity contribution in [3.8, 4) is 5.88 Å². The second kappa shape index (κ2) is 8.25. The fourth-order valence-electron chi connectivity index (χ4n) is 3.89. The van der Waals surface area contributed by atoms with Gasteiger partial charge in [0.2, 0.25) is 11.4 Å². The van der Waals surface area contributed by atoms with Crippen LogP contribution in [0.15, 0.2) is 50.0 Å². The third-order valence-corrected chi connectivity index (χ3v) is 6.41. The van der Waals surface area contributed by atoms with Crippen molar-refractivity contribution < 1.29 is 13.6 Å². The van der Waals surface area contributed by atoms with Crippen LogP contribution in [0, 0.1) is 0 Å². The molecule has 2 aromatic heterocycles. The number of hydrogen-bond donors (Lipinski definition) is 2. The van der Waals surface area contributed by atoms with Crippen LogP contribution in [0.3, 0.4) is 0 Å². The van der Waals surface area contributed by atoms with Crippen LogP contribution in [0.2, 0.25) is 20.1 Å². The highest BCUT2D eigenvalue weighted by molar-refractivity contribution is 6.36. The third kappa shape index (κ3) is 3.59. The Kier molecular flexibility index (Phi) is 5.49. The predicted octanol–water partition coefficient (Wildman–Crippen LogP) is 3.22. The second-order valence-corrected chi connectivity index (χ2v) is 9.03. The van der Waals surface area contributed by atoms with Crippen LogP contribution < -0.4 is 28.0 Å². The number of amides is 1. The van der Waals surface area contributed by atoms with Gasteiger partial charge in [-0.1, -0.05) is 58.5 Å². The van der Waals surface area contributed by atoms with Gasteiger partial charge in [-0.15, -0.1) is 0 Å². The molecule has 4 N–H and O–H groups in total. The number of oxazole rings is 2. The minimum Gasteiger partial charge on any atom is -0.406 e. The topological polar surface area (TPSA) is 130 Å². The quantitative estimate of drug-likeness (QED) is 0.412. The molecule has 5 rings (SSSR count). The highest BCUT2D eigenvalue weighted by Crippen LogP contribution is 2.41. The smallest absolute Gasteiger partial charge is 0.362 e. The van der Waals surface area contributed by atoms with Gasteiger partial charge in [0.15, 0.2) is 0 Å². The molecule has 4 aromatic rings. The van der Waals surface area contributed by atoms with Crippen LogP contribution in [0.25, 0.3) is 17.5 Å². The first kappa shape index (κ1) is 22.6. The molecule has 2 aromatic carbocycles. The predicted molar refractivity (Wildman–Crippen MR) is 129 cm³/mol. The molecule has 8 nitrogen and oxygen atoms in total. The molecule has 0 spiro atoms. The highest BCUT2D eigenvalue weighted by atomic mass is 35.5. The van der Waals surface area contributed by atoms with E-state index in [4.69, 9.17) is 66.7 Å². The summed E-state index contributed by atoms with van der Waals surface area (Å²) in [6.07, 6.45) is 1.46. The molecule has 0 aliphatic carbocycles. The number of nitrogens with zero attached hydrogens (tertiary/aromatic N) is 2. The van der Waals surface area contributed by atoms with Gasteiger partial charge in [0.1, 0.15) is 11.0 Å². The van der Waals surface area contributed by atoms with E-state index in [1.165, 1.54) is 22.8 Å². The van der Waals surface area contributed by atoms with Gasteiger partial charge in [-0.25, -0.2) is 9.36 Å². The molecule has 3 heterocycles. The number of halogens is 4. The van der Waals surface area contributed by atoms with E-state index in [0.29, 0.717) is 26.2 Å². The molecule has 1 amide bonds. The molecule has 1 aliphatic rings. The summed E-state index contributed by atoms with van der Waals surface area (Å²) in [6.45, 7) is 0. The number of nitrogen functional groups attached to an aromatic ring is 1. The monoisotopic (exact) mass is 536 g/mol. The van der Waals surface area contributed by atoms with Crippen LogP contribution >= 0.6 is 46.4 Å². The molecule has 1 atom stereocenters. The van der Waals surface area contributed by atoms with E-state index in [0.717, 1.165) is 0 Å². The number of fused-ring (bicyclic) bond motifs is 3. The number of carbonyl (C=O) groups is 1. The third-order valence-electron chi connectivity index (χ3n) is 5.28. The molecule has 1 unspecified atom stereocenters. The van der Waals surface area contributed by atoms with Gasteiger partial charge in [0.05, 0.1) is 11.5 Å². The Bertz CT molecular complexity index is 1690. The molecule has 0 saturated carbocycles. The van der Waals surface area contributed by atoms with E-state index in [9.17, 15) is 9.59 Å².